The van der Waals surface area contributed by atoms with Gasteiger partial charge in [0.25, 0.3) is 5.91 Å². The van der Waals surface area contributed by atoms with Crippen LogP contribution >= 0.6 is 0 Å². The summed E-state index contributed by atoms with van der Waals surface area (Å²) in [6.45, 7) is 1.74. The lowest BCUT2D eigenvalue weighted by Crippen LogP contribution is -2.17. The Balaban J connectivity index is 2.20. The molecule has 2 aromatic heterocycles. The zero-order valence-corrected chi connectivity index (χ0v) is 10.6. The van der Waals surface area contributed by atoms with E-state index in [9.17, 15) is 18.0 Å². The molecule has 0 spiro atoms. The number of nitrogens with zero attached hydrogens (tertiary/aromatic N) is 4. The van der Waals surface area contributed by atoms with Crippen LogP contribution in [0.25, 0.3) is 0 Å². The largest absolute Gasteiger partial charge is 0.433 e. The third-order valence-corrected chi connectivity index (χ3v) is 2.52. The quantitative estimate of drug-likeness (QED) is 0.913. The average Bonchev–Trinajstić information content (AvgIpc) is 2.69. The van der Waals surface area contributed by atoms with E-state index in [2.05, 4.69) is 20.4 Å². The SMILES string of the molecule is Cc1cc(C(=O)Nc2nccc(C(F)(F)F)n2)nn1C. The molecule has 6 nitrogen and oxygen atoms in total. The van der Waals surface area contributed by atoms with Gasteiger partial charge in [-0.2, -0.15) is 18.3 Å². The maximum atomic E-state index is 12.5. The molecule has 1 N–H and O–H groups in total. The van der Waals surface area contributed by atoms with Crippen molar-refractivity contribution in [3.63, 3.8) is 0 Å². The summed E-state index contributed by atoms with van der Waals surface area (Å²) < 4.78 is 38.9. The first-order chi connectivity index (χ1) is 9.27. The summed E-state index contributed by atoms with van der Waals surface area (Å²) in [7, 11) is 1.65. The maximum absolute atomic E-state index is 12.5. The maximum Gasteiger partial charge on any atom is 0.433 e. The van der Waals surface area contributed by atoms with Crippen molar-refractivity contribution < 1.29 is 18.0 Å². The molecule has 0 aliphatic carbocycles. The lowest BCUT2D eigenvalue weighted by Gasteiger charge is -2.06. The van der Waals surface area contributed by atoms with Gasteiger partial charge in [0.15, 0.2) is 5.69 Å². The summed E-state index contributed by atoms with van der Waals surface area (Å²) in [5, 5.41) is 6.08. The molecule has 106 valence electrons. The number of alkyl halides is 3. The molecule has 0 unspecified atom stereocenters. The fraction of sp³-hybridized carbons (Fsp3) is 0.273. The van der Waals surface area contributed by atoms with E-state index in [4.69, 9.17) is 0 Å². The van der Waals surface area contributed by atoms with E-state index in [-0.39, 0.29) is 5.69 Å². The van der Waals surface area contributed by atoms with Crippen LogP contribution in [0.5, 0.6) is 0 Å². The third kappa shape index (κ3) is 2.92. The lowest BCUT2D eigenvalue weighted by atomic mass is 10.3. The Hall–Kier alpha value is -2.45. The molecule has 2 heterocycles. The second-order valence-electron chi connectivity index (χ2n) is 4.01. The number of carbonyl (C=O) groups excluding carboxylic acids is 1. The summed E-state index contributed by atoms with van der Waals surface area (Å²) >= 11 is 0. The summed E-state index contributed by atoms with van der Waals surface area (Å²) in [6.07, 6.45) is -3.67. The molecule has 1 amide bonds. The first kappa shape index (κ1) is 14.0. The topological polar surface area (TPSA) is 72.7 Å². The van der Waals surface area contributed by atoms with Crippen molar-refractivity contribution >= 4 is 11.9 Å². The molecular formula is C11H10F3N5O. The van der Waals surface area contributed by atoms with Gasteiger partial charge in [-0.15, -0.1) is 0 Å². The first-order valence-corrected chi connectivity index (χ1v) is 5.49. The smallest absolute Gasteiger partial charge is 0.289 e. The number of aryl methyl sites for hydroxylation is 2. The van der Waals surface area contributed by atoms with Crippen LogP contribution in [0.3, 0.4) is 0 Å². The van der Waals surface area contributed by atoms with Crippen molar-refractivity contribution in [1.29, 1.82) is 0 Å². The van der Waals surface area contributed by atoms with Gasteiger partial charge < -0.3 is 0 Å². The number of halogens is 3. The van der Waals surface area contributed by atoms with Gasteiger partial charge in [0.05, 0.1) is 0 Å². The van der Waals surface area contributed by atoms with E-state index in [0.29, 0.717) is 0 Å². The van der Waals surface area contributed by atoms with E-state index in [1.165, 1.54) is 10.7 Å². The number of carbonyl (C=O) groups is 1. The molecule has 20 heavy (non-hydrogen) atoms. The number of anilines is 1. The van der Waals surface area contributed by atoms with Crippen molar-refractivity contribution in [3.8, 4) is 0 Å². The number of nitrogens with one attached hydrogen (secondary N) is 1. The van der Waals surface area contributed by atoms with Crippen molar-refractivity contribution in [2.45, 2.75) is 13.1 Å². The Bertz CT molecular complexity index is 630. The zero-order valence-electron chi connectivity index (χ0n) is 10.6. The van der Waals surface area contributed by atoms with Crippen LogP contribution in [0.1, 0.15) is 21.9 Å². The standard InChI is InChI=1S/C11H10F3N5O/c1-6-5-7(18-19(6)2)9(20)17-10-15-4-3-8(16-10)11(12,13)14/h3-5H,1-2H3,(H,15,16,17,20). The normalized spacial score (nSPS) is 11.4. The molecular weight excluding hydrogens is 275 g/mol. The second kappa shape index (κ2) is 4.91. The minimum Gasteiger partial charge on any atom is -0.289 e. The van der Waals surface area contributed by atoms with E-state index >= 15 is 0 Å². The van der Waals surface area contributed by atoms with Crippen LogP contribution < -0.4 is 5.32 Å². The molecule has 0 aliphatic heterocycles. The highest BCUT2D eigenvalue weighted by Gasteiger charge is 2.33. The fourth-order valence-corrected chi connectivity index (χ4v) is 1.41. The number of hydrogen-bond donors (Lipinski definition) is 1. The van der Waals surface area contributed by atoms with Gasteiger partial charge in [0.1, 0.15) is 5.69 Å². The van der Waals surface area contributed by atoms with Gasteiger partial charge in [-0.25, -0.2) is 9.97 Å². The number of amides is 1. The van der Waals surface area contributed by atoms with Gasteiger partial charge in [0.2, 0.25) is 5.95 Å². The molecule has 0 bridgehead atoms. The highest BCUT2D eigenvalue weighted by atomic mass is 19.4. The Morgan fingerprint density at radius 1 is 1.40 bits per heavy atom. The van der Waals surface area contributed by atoms with Gasteiger partial charge in [0, 0.05) is 18.9 Å². The summed E-state index contributed by atoms with van der Waals surface area (Å²) in [4.78, 5) is 18.6. The summed E-state index contributed by atoms with van der Waals surface area (Å²) in [6, 6.07) is 2.23. The van der Waals surface area contributed by atoms with Gasteiger partial charge >= 0.3 is 6.18 Å². The molecule has 0 radical (unpaired) electrons. The van der Waals surface area contributed by atoms with Crippen LogP contribution in [-0.2, 0) is 13.2 Å². The van der Waals surface area contributed by atoms with Crippen LogP contribution in [0, 0.1) is 6.92 Å². The second-order valence-corrected chi connectivity index (χ2v) is 4.01. The predicted octanol–water partition coefficient (Wildman–Crippen LogP) is 1.79. The lowest BCUT2D eigenvalue weighted by molar-refractivity contribution is -0.141. The molecule has 9 heteroatoms. The third-order valence-electron chi connectivity index (χ3n) is 2.52. The van der Waals surface area contributed by atoms with Gasteiger partial charge in [-0.3, -0.25) is 14.8 Å². The fourth-order valence-electron chi connectivity index (χ4n) is 1.41. The molecule has 0 aliphatic rings. The Labute approximate surface area is 111 Å². The number of hydrogen-bond acceptors (Lipinski definition) is 4. The first-order valence-electron chi connectivity index (χ1n) is 5.49. The average molecular weight is 285 g/mol. The van der Waals surface area contributed by atoms with Crippen LogP contribution in [0.2, 0.25) is 0 Å². The highest BCUT2D eigenvalue weighted by Crippen LogP contribution is 2.27. The highest BCUT2D eigenvalue weighted by molar-refractivity contribution is 6.01. The van der Waals surface area contributed by atoms with Crippen molar-refractivity contribution in [2.75, 3.05) is 5.32 Å². The Morgan fingerprint density at radius 2 is 2.10 bits per heavy atom. The minimum atomic E-state index is -4.59. The molecule has 2 aromatic rings. The molecule has 0 aromatic carbocycles. The van der Waals surface area contributed by atoms with Crippen LogP contribution in [0.15, 0.2) is 18.3 Å². The minimum absolute atomic E-state index is 0.0750. The predicted molar refractivity (Wildman–Crippen MR) is 62.9 cm³/mol. The van der Waals surface area contributed by atoms with Crippen LogP contribution in [0.4, 0.5) is 19.1 Å². The van der Waals surface area contributed by atoms with Crippen molar-refractivity contribution in [1.82, 2.24) is 19.7 Å². The molecule has 0 fully saturated rings. The van der Waals surface area contributed by atoms with E-state index < -0.39 is 23.7 Å². The Kier molecular flexibility index (Phi) is 3.43. The van der Waals surface area contributed by atoms with Gasteiger partial charge in [-0.1, -0.05) is 0 Å². The van der Waals surface area contributed by atoms with Gasteiger partial charge in [-0.05, 0) is 19.1 Å². The number of rotatable bonds is 2. The zero-order chi connectivity index (χ0) is 14.9. The number of aromatic nitrogens is 4. The monoisotopic (exact) mass is 285 g/mol. The molecule has 0 saturated heterocycles. The van der Waals surface area contributed by atoms with E-state index in [1.807, 2.05) is 0 Å². The Morgan fingerprint density at radius 3 is 2.65 bits per heavy atom. The van der Waals surface area contributed by atoms with Crippen molar-refractivity contribution in [3.05, 3.63) is 35.4 Å². The van der Waals surface area contributed by atoms with Crippen molar-refractivity contribution in [2.24, 2.45) is 7.05 Å². The molecule has 0 atom stereocenters. The molecule has 2 rings (SSSR count). The summed E-state index contributed by atoms with van der Waals surface area (Å²) in [5.41, 5.74) is -0.314. The van der Waals surface area contributed by atoms with E-state index in [1.54, 1.807) is 14.0 Å². The summed E-state index contributed by atoms with van der Waals surface area (Å²) in [5.74, 6) is -1.10. The molecule has 0 saturated carbocycles. The van der Waals surface area contributed by atoms with E-state index in [0.717, 1.165) is 18.0 Å². The van der Waals surface area contributed by atoms with Crippen LogP contribution in [-0.4, -0.2) is 25.7 Å².